The lowest BCUT2D eigenvalue weighted by Gasteiger charge is -2.50. The van der Waals surface area contributed by atoms with Gasteiger partial charge in [0.15, 0.2) is 0 Å². The fourth-order valence-corrected chi connectivity index (χ4v) is 7.86. The second-order valence-corrected chi connectivity index (χ2v) is 12.6. The number of urea groups is 1. The Hall–Kier alpha value is -3.28. The second kappa shape index (κ2) is 10.9. The summed E-state index contributed by atoms with van der Waals surface area (Å²) < 4.78 is 41.5. The number of nitrogens with zero attached hydrogens (tertiary/aromatic N) is 3. The molecule has 1 saturated heterocycles. The molecule has 5 rings (SSSR count). The van der Waals surface area contributed by atoms with Crippen LogP contribution in [-0.2, 0) is 22.5 Å². The van der Waals surface area contributed by atoms with Crippen molar-refractivity contribution in [3.63, 3.8) is 0 Å². The van der Waals surface area contributed by atoms with Crippen molar-refractivity contribution < 1.29 is 27.8 Å². The fraction of sp³-hybridized carbons (Fsp3) is 0.483. The number of nitrogens with one attached hydrogen (secondary N) is 1. The maximum Gasteiger partial charge on any atom is 0.318 e. The highest BCUT2D eigenvalue weighted by molar-refractivity contribution is 7.89. The lowest BCUT2D eigenvalue weighted by Crippen LogP contribution is -2.57. The Balaban J connectivity index is 1.58. The molecule has 2 aliphatic heterocycles. The Morgan fingerprint density at radius 1 is 1.10 bits per heavy atom. The first-order valence-electron chi connectivity index (χ1n) is 13.7. The fourth-order valence-electron chi connectivity index (χ4n) is 6.38. The lowest BCUT2D eigenvalue weighted by molar-refractivity contribution is 0.0784. The van der Waals surface area contributed by atoms with Gasteiger partial charge in [0.2, 0.25) is 10.0 Å². The zero-order valence-corrected chi connectivity index (χ0v) is 24.3. The number of carbonyl (C=O) groups is 1. The number of piperidine rings is 1. The van der Waals surface area contributed by atoms with Crippen LogP contribution in [0, 0.1) is 0 Å². The van der Waals surface area contributed by atoms with E-state index in [0.29, 0.717) is 44.8 Å². The molecule has 0 bridgehead atoms. The molecule has 0 aliphatic carbocycles. The van der Waals surface area contributed by atoms with Crippen molar-refractivity contribution in [2.24, 2.45) is 7.05 Å². The third-order valence-electron chi connectivity index (χ3n) is 8.47. The van der Waals surface area contributed by atoms with Gasteiger partial charge in [-0.1, -0.05) is 13.0 Å². The van der Waals surface area contributed by atoms with Crippen molar-refractivity contribution in [3.05, 3.63) is 53.7 Å². The maximum absolute atomic E-state index is 13.6. The number of aryl methyl sites for hydroxylation is 1. The molecule has 1 fully saturated rings. The molecule has 216 valence electrons. The second-order valence-electron chi connectivity index (χ2n) is 10.6. The summed E-state index contributed by atoms with van der Waals surface area (Å²) in [7, 11) is 1.36. The van der Waals surface area contributed by atoms with Crippen molar-refractivity contribution in [2.75, 3.05) is 47.0 Å². The summed E-state index contributed by atoms with van der Waals surface area (Å²) in [5.41, 5.74) is 2.43. The maximum atomic E-state index is 13.6. The number of fused-ring (bicyclic) bond motifs is 4. The van der Waals surface area contributed by atoms with E-state index < -0.39 is 21.5 Å². The average molecular weight is 571 g/mol. The van der Waals surface area contributed by atoms with E-state index in [-0.39, 0.29) is 17.5 Å². The van der Waals surface area contributed by atoms with E-state index in [2.05, 4.69) is 9.88 Å². The van der Waals surface area contributed by atoms with E-state index in [1.165, 1.54) is 11.4 Å². The number of aliphatic hydroxyl groups is 1. The predicted molar refractivity (Wildman–Crippen MR) is 152 cm³/mol. The summed E-state index contributed by atoms with van der Waals surface area (Å²) in [4.78, 5) is 15.4. The molecule has 40 heavy (non-hydrogen) atoms. The Morgan fingerprint density at radius 3 is 2.45 bits per heavy atom. The van der Waals surface area contributed by atoms with Crippen LogP contribution < -0.4 is 14.8 Å². The minimum absolute atomic E-state index is 0.199. The van der Waals surface area contributed by atoms with Gasteiger partial charge in [-0.05, 0) is 49.1 Å². The monoisotopic (exact) mass is 570 g/mol. The number of methoxy groups -OCH3 is 2. The number of aromatic nitrogens is 1. The highest BCUT2D eigenvalue weighted by atomic mass is 32.2. The molecule has 2 N–H and O–H groups in total. The summed E-state index contributed by atoms with van der Waals surface area (Å²) in [5, 5.41) is 14.6. The summed E-state index contributed by atoms with van der Waals surface area (Å²) in [6, 6.07) is 11.7. The van der Waals surface area contributed by atoms with Crippen LogP contribution in [0.4, 0.5) is 4.79 Å². The number of benzene rings is 2. The third-order valence-corrected chi connectivity index (χ3v) is 10.4. The van der Waals surface area contributed by atoms with Gasteiger partial charge in [0.25, 0.3) is 0 Å². The van der Waals surface area contributed by atoms with Crippen LogP contribution >= 0.6 is 0 Å². The average Bonchev–Trinajstić information content (AvgIpc) is 3.28. The van der Waals surface area contributed by atoms with Gasteiger partial charge in [0.05, 0.1) is 37.3 Å². The Morgan fingerprint density at radius 2 is 1.80 bits per heavy atom. The summed E-state index contributed by atoms with van der Waals surface area (Å²) in [6.45, 7) is 3.31. The molecular formula is C29H38N4O6S. The first-order valence-corrected chi connectivity index (χ1v) is 15.1. The molecule has 1 spiro atoms. The summed E-state index contributed by atoms with van der Waals surface area (Å²) in [5.74, 6) is 1.21. The zero-order chi connectivity index (χ0) is 28.7. The molecule has 11 heteroatoms. The van der Waals surface area contributed by atoms with Gasteiger partial charge in [0, 0.05) is 61.9 Å². The van der Waals surface area contributed by atoms with Crippen LogP contribution in [0.3, 0.4) is 0 Å². The molecule has 2 amide bonds. The number of hydrogen-bond donors (Lipinski definition) is 2. The van der Waals surface area contributed by atoms with Gasteiger partial charge in [-0.25, -0.2) is 13.2 Å². The molecular weight excluding hydrogens is 532 g/mol. The van der Waals surface area contributed by atoms with Gasteiger partial charge in [-0.3, -0.25) is 0 Å². The zero-order valence-electron chi connectivity index (χ0n) is 23.5. The highest BCUT2D eigenvalue weighted by Gasteiger charge is 2.50. The Labute approximate surface area is 235 Å². The van der Waals surface area contributed by atoms with Crippen LogP contribution in [0.1, 0.15) is 43.5 Å². The third kappa shape index (κ3) is 4.59. The first-order chi connectivity index (χ1) is 19.2. The number of hydrogen-bond acceptors (Lipinski definition) is 6. The highest BCUT2D eigenvalue weighted by Crippen LogP contribution is 2.50. The van der Waals surface area contributed by atoms with E-state index in [1.807, 2.05) is 32.2 Å². The van der Waals surface area contributed by atoms with Gasteiger partial charge in [0.1, 0.15) is 11.5 Å². The summed E-state index contributed by atoms with van der Waals surface area (Å²) in [6.07, 6.45) is 1.86. The minimum atomic E-state index is -3.73. The van der Waals surface area contributed by atoms with E-state index in [0.717, 1.165) is 34.3 Å². The standard InChI is InChI=1S/C29H38N4O6S/c1-5-13-30-28(35)33-19-29(11-14-32(15-12-29)40(36,37)22-8-6-7-20(16-22)38-3)26-23-10-9-21(39-4)17-24(23)31(2)27(26)25(33)18-34/h6-10,16-17,25,34H,5,11-15,18-19H2,1-4H3,(H,30,35)/t25-/m0/s1. The number of carbonyl (C=O) groups excluding carboxylic acids is 1. The molecule has 0 unspecified atom stereocenters. The van der Waals surface area contributed by atoms with E-state index in [4.69, 9.17) is 9.47 Å². The normalized spacial score (nSPS) is 19.0. The van der Waals surface area contributed by atoms with Crippen molar-refractivity contribution in [1.82, 2.24) is 19.1 Å². The molecule has 2 aliphatic rings. The largest absolute Gasteiger partial charge is 0.497 e. The SMILES string of the molecule is CCCNC(=O)N1CC2(CCN(S(=O)(=O)c3cccc(OC)c3)CC2)c2c(n(C)c3cc(OC)ccc23)[C@@H]1CO. The molecule has 1 atom stereocenters. The molecule has 10 nitrogen and oxygen atoms in total. The van der Waals surface area contributed by atoms with Crippen LogP contribution in [0.5, 0.6) is 11.5 Å². The van der Waals surface area contributed by atoms with Crippen LogP contribution in [0.2, 0.25) is 0 Å². The Bertz CT molecular complexity index is 1510. The molecule has 3 aromatic rings. The smallest absolute Gasteiger partial charge is 0.318 e. The van der Waals surface area contributed by atoms with Gasteiger partial charge < -0.3 is 29.4 Å². The Kier molecular flexibility index (Phi) is 7.73. The van der Waals surface area contributed by atoms with Gasteiger partial charge in [-0.2, -0.15) is 4.31 Å². The van der Waals surface area contributed by atoms with E-state index in [1.54, 1.807) is 36.3 Å². The van der Waals surface area contributed by atoms with E-state index >= 15 is 0 Å². The van der Waals surface area contributed by atoms with Gasteiger partial charge in [-0.15, -0.1) is 0 Å². The van der Waals surface area contributed by atoms with Crippen LogP contribution in [0.25, 0.3) is 10.9 Å². The molecule has 3 heterocycles. The topological polar surface area (TPSA) is 113 Å². The predicted octanol–water partition coefficient (Wildman–Crippen LogP) is 3.39. The quantitative estimate of drug-likeness (QED) is 0.450. The molecule has 0 saturated carbocycles. The number of sulfonamides is 1. The molecule has 2 aromatic carbocycles. The molecule has 0 radical (unpaired) electrons. The van der Waals surface area contributed by atoms with Crippen molar-refractivity contribution in [2.45, 2.75) is 42.5 Å². The minimum Gasteiger partial charge on any atom is -0.497 e. The number of aliphatic hydroxyl groups excluding tert-OH is 1. The number of rotatable bonds is 7. The van der Waals surface area contributed by atoms with E-state index in [9.17, 15) is 18.3 Å². The van der Waals surface area contributed by atoms with Gasteiger partial charge >= 0.3 is 6.03 Å². The summed E-state index contributed by atoms with van der Waals surface area (Å²) >= 11 is 0. The van der Waals surface area contributed by atoms with Crippen molar-refractivity contribution >= 4 is 27.0 Å². The van der Waals surface area contributed by atoms with Crippen molar-refractivity contribution in [3.8, 4) is 11.5 Å². The number of amides is 2. The lowest BCUT2D eigenvalue weighted by atomic mass is 9.68. The first kappa shape index (κ1) is 28.3. The van der Waals surface area contributed by atoms with Crippen LogP contribution in [-0.4, -0.2) is 80.3 Å². The molecule has 1 aromatic heterocycles. The van der Waals surface area contributed by atoms with Crippen LogP contribution in [0.15, 0.2) is 47.4 Å². The van der Waals surface area contributed by atoms with Crippen molar-refractivity contribution in [1.29, 1.82) is 0 Å². The number of ether oxygens (including phenoxy) is 2.